The van der Waals surface area contributed by atoms with Crippen molar-refractivity contribution in [3.63, 3.8) is 0 Å². The summed E-state index contributed by atoms with van der Waals surface area (Å²) >= 11 is 13.7. The van der Waals surface area contributed by atoms with Crippen LogP contribution in [0.1, 0.15) is 23.2 Å². The number of nitrogens with zero attached hydrogens (tertiary/aromatic N) is 2. The average molecular weight is 353 g/mol. The van der Waals surface area contributed by atoms with Crippen LogP contribution in [0.4, 0.5) is 0 Å². The Hall–Kier alpha value is -1.36. The van der Waals surface area contributed by atoms with Crippen LogP contribution in [0.25, 0.3) is 10.2 Å². The van der Waals surface area contributed by atoms with E-state index in [1.54, 1.807) is 28.0 Å². The van der Waals surface area contributed by atoms with Crippen LogP contribution < -0.4 is 5.56 Å². The van der Waals surface area contributed by atoms with E-state index in [1.807, 2.05) is 19.1 Å². The van der Waals surface area contributed by atoms with Gasteiger partial charge < -0.3 is 0 Å². The second-order valence-electron chi connectivity index (χ2n) is 5.07. The molecule has 0 fully saturated rings. The SMILES string of the molecule is CCc1cc2c(=O)n(Cc3ccc(Cl)cc3Cl)c(C)nc2s1. The lowest BCUT2D eigenvalue weighted by Gasteiger charge is -2.11. The molecule has 0 atom stereocenters. The number of hydrogen-bond donors (Lipinski definition) is 0. The molecule has 0 saturated heterocycles. The highest BCUT2D eigenvalue weighted by atomic mass is 35.5. The molecule has 0 aliphatic rings. The zero-order chi connectivity index (χ0) is 15.9. The molecule has 0 aliphatic heterocycles. The van der Waals surface area contributed by atoms with Gasteiger partial charge in [0.25, 0.3) is 5.56 Å². The van der Waals surface area contributed by atoms with Crippen molar-refractivity contribution in [2.24, 2.45) is 0 Å². The Bertz CT molecular complexity index is 914. The number of aromatic nitrogens is 2. The quantitative estimate of drug-likeness (QED) is 0.685. The Morgan fingerprint density at radius 3 is 2.73 bits per heavy atom. The van der Waals surface area contributed by atoms with Gasteiger partial charge in [0.2, 0.25) is 0 Å². The van der Waals surface area contributed by atoms with Crippen LogP contribution in [-0.2, 0) is 13.0 Å². The molecule has 2 heterocycles. The number of rotatable bonds is 3. The Labute approximate surface area is 142 Å². The Balaban J connectivity index is 2.12. The van der Waals surface area contributed by atoms with Gasteiger partial charge in [-0.3, -0.25) is 9.36 Å². The van der Waals surface area contributed by atoms with Gasteiger partial charge in [0.1, 0.15) is 10.7 Å². The first-order valence-electron chi connectivity index (χ1n) is 6.93. The molecule has 0 N–H and O–H groups in total. The summed E-state index contributed by atoms with van der Waals surface area (Å²) in [5.41, 5.74) is 0.827. The van der Waals surface area contributed by atoms with Gasteiger partial charge in [-0.1, -0.05) is 36.2 Å². The minimum absolute atomic E-state index is 0.0236. The summed E-state index contributed by atoms with van der Waals surface area (Å²) in [6.07, 6.45) is 0.905. The fourth-order valence-electron chi connectivity index (χ4n) is 2.35. The molecule has 0 aliphatic carbocycles. The van der Waals surface area contributed by atoms with Crippen LogP contribution in [0.15, 0.2) is 29.1 Å². The maximum absolute atomic E-state index is 12.7. The molecule has 2 aromatic heterocycles. The molecule has 0 amide bonds. The van der Waals surface area contributed by atoms with Crippen molar-refractivity contribution in [1.82, 2.24) is 9.55 Å². The number of benzene rings is 1. The highest BCUT2D eigenvalue weighted by Crippen LogP contribution is 2.24. The number of thiophene rings is 1. The normalized spacial score (nSPS) is 11.3. The van der Waals surface area contributed by atoms with E-state index in [0.29, 0.717) is 27.8 Å². The standard InChI is InChI=1S/C16H14Cl2N2OS/c1-3-12-7-13-15(22-12)19-9(2)20(16(13)21)8-10-4-5-11(17)6-14(10)18/h4-7H,3,8H2,1-2H3. The summed E-state index contributed by atoms with van der Waals surface area (Å²) in [4.78, 5) is 19.3. The molecule has 3 aromatic rings. The summed E-state index contributed by atoms with van der Waals surface area (Å²) < 4.78 is 1.66. The van der Waals surface area contributed by atoms with Crippen molar-refractivity contribution < 1.29 is 0 Å². The highest BCUT2D eigenvalue weighted by Gasteiger charge is 2.13. The number of fused-ring (bicyclic) bond motifs is 1. The van der Waals surface area contributed by atoms with E-state index in [4.69, 9.17) is 23.2 Å². The van der Waals surface area contributed by atoms with Crippen LogP contribution in [0.5, 0.6) is 0 Å². The summed E-state index contributed by atoms with van der Waals surface area (Å²) in [5, 5.41) is 1.81. The summed E-state index contributed by atoms with van der Waals surface area (Å²) in [6, 6.07) is 7.24. The molecule has 22 heavy (non-hydrogen) atoms. The predicted molar refractivity (Wildman–Crippen MR) is 93.6 cm³/mol. The maximum Gasteiger partial charge on any atom is 0.262 e. The third-order valence-electron chi connectivity index (χ3n) is 3.59. The molecule has 3 nitrogen and oxygen atoms in total. The molecule has 0 unspecified atom stereocenters. The summed E-state index contributed by atoms with van der Waals surface area (Å²) in [7, 11) is 0. The summed E-state index contributed by atoms with van der Waals surface area (Å²) in [6.45, 7) is 4.31. The zero-order valence-electron chi connectivity index (χ0n) is 12.2. The molecule has 3 rings (SSSR count). The Morgan fingerprint density at radius 1 is 1.27 bits per heavy atom. The number of aryl methyl sites for hydroxylation is 2. The van der Waals surface area contributed by atoms with E-state index in [0.717, 1.165) is 16.8 Å². The zero-order valence-corrected chi connectivity index (χ0v) is 14.5. The minimum atomic E-state index is -0.0236. The van der Waals surface area contributed by atoms with E-state index in [9.17, 15) is 4.79 Å². The monoisotopic (exact) mass is 352 g/mol. The molecule has 114 valence electrons. The van der Waals surface area contributed by atoms with Crippen LogP contribution >= 0.6 is 34.5 Å². The first kappa shape index (κ1) is 15.5. The van der Waals surface area contributed by atoms with E-state index < -0.39 is 0 Å². The second kappa shape index (κ2) is 6.03. The lowest BCUT2D eigenvalue weighted by Crippen LogP contribution is -2.24. The van der Waals surface area contributed by atoms with Crippen molar-refractivity contribution in [2.45, 2.75) is 26.8 Å². The predicted octanol–water partition coefficient (Wildman–Crippen LogP) is 4.68. The first-order chi connectivity index (χ1) is 10.5. The lowest BCUT2D eigenvalue weighted by atomic mass is 10.2. The molecule has 0 saturated carbocycles. The van der Waals surface area contributed by atoms with Gasteiger partial charge in [0, 0.05) is 14.9 Å². The smallest absolute Gasteiger partial charge is 0.262 e. The van der Waals surface area contributed by atoms with Gasteiger partial charge in [-0.2, -0.15) is 0 Å². The van der Waals surface area contributed by atoms with E-state index in [1.165, 1.54) is 4.88 Å². The maximum atomic E-state index is 12.7. The van der Waals surface area contributed by atoms with Crippen molar-refractivity contribution in [3.8, 4) is 0 Å². The lowest BCUT2D eigenvalue weighted by molar-refractivity contribution is 0.714. The fourth-order valence-corrected chi connectivity index (χ4v) is 3.82. The highest BCUT2D eigenvalue weighted by molar-refractivity contribution is 7.18. The van der Waals surface area contributed by atoms with Gasteiger partial charge in [-0.25, -0.2) is 4.98 Å². The Kier molecular flexibility index (Phi) is 4.26. The first-order valence-corrected chi connectivity index (χ1v) is 8.50. The van der Waals surface area contributed by atoms with E-state index in [2.05, 4.69) is 11.9 Å². The van der Waals surface area contributed by atoms with Crippen molar-refractivity contribution in [1.29, 1.82) is 0 Å². The van der Waals surface area contributed by atoms with Crippen LogP contribution in [0.2, 0.25) is 10.0 Å². The second-order valence-corrected chi connectivity index (χ2v) is 7.03. The topological polar surface area (TPSA) is 34.9 Å². The molecule has 1 aromatic carbocycles. The third-order valence-corrected chi connectivity index (χ3v) is 5.35. The van der Waals surface area contributed by atoms with Gasteiger partial charge in [-0.05, 0) is 37.1 Å². The van der Waals surface area contributed by atoms with Crippen LogP contribution in [-0.4, -0.2) is 9.55 Å². The fraction of sp³-hybridized carbons (Fsp3) is 0.250. The van der Waals surface area contributed by atoms with E-state index in [-0.39, 0.29) is 5.56 Å². The molecular formula is C16H14Cl2N2OS. The Morgan fingerprint density at radius 2 is 2.05 bits per heavy atom. The molecule has 6 heteroatoms. The summed E-state index contributed by atoms with van der Waals surface area (Å²) in [5.74, 6) is 0.688. The van der Waals surface area contributed by atoms with Crippen molar-refractivity contribution in [2.75, 3.05) is 0 Å². The van der Waals surface area contributed by atoms with Gasteiger partial charge >= 0.3 is 0 Å². The van der Waals surface area contributed by atoms with Gasteiger partial charge in [0.15, 0.2) is 0 Å². The van der Waals surface area contributed by atoms with Crippen molar-refractivity contribution in [3.05, 3.63) is 60.9 Å². The number of halogens is 2. The third kappa shape index (κ3) is 2.78. The van der Waals surface area contributed by atoms with E-state index >= 15 is 0 Å². The average Bonchev–Trinajstić information content (AvgIpc) is 2.88. The van der Waals surface area contributed by atoms with Crippen molar-refractivity contribution >= 4 is 44.8 Å². The molecular weight excluding hydrogens is 339 g/mol. The molecule has 0 spiro atoms. The molecule has 0 bridgehead atoms. The van der Waals surface area contributed by atoms with Gasteiger partial charge in [-0.15, -0.1) is 11.3 Å². The van der Waals surface area contributed by atoms with Crippen LogP contribution in [0, 0.1) is 6.92 Å². The van der Waals surface area contributed by atoms with Crippen LogP contribution in [0.3, 0.4) is 0 Å². The van der Waals surface area contributed by atoms with Gasteiger partial charge in [0.05, 0.1) is 11.9 Å². The molecule has 0 radical (unpaired) electrons. The largest absolute Gasteiger partial charge is 0.292 e. The minimum Gasteiger partial charge on any atom is -0.292 e. The number of hydrogen-bond acceptors (Lipinski definition) is 3.